The van der Waals surface area contributed by atoms with Crippen LogP contribution in [0.25, 0.3) is 0 Å². The molecular formula is C26H35N3O3. The van der Waals surface area contributed by atoms with Gasteiger partial charge in [0.15, 0.2) is 0 Å². The second-order valence-electron chi connectivity index (χ2n) is 9.62. The molecule has 0 radical (unpaired) electrons. The minimum Gasteiger partial charge on any atom is -0.376 e. The van der Waals surface area contributed by atoms with E-state index in [0.29, 0.717) is 29.4 Å². The predicted octanol–water partition coefficient (Wildman–Crippen LogP) is 3.97. The molecule has 172 valence electrons. The lowest BCUT2D eigenvalue weighted by Crippen LogP contribution is -2.45. The fraction of sp³-hybridized carbons (Fsp3) is 0.577. The van der Waals surface area contributed by atoms with Crippen LogP contribution in [0.1, 0.15) is 80.6 Å². The quantitative estimate of drug-likeness (QED) is 0.669. The van der Waals surface area contributed by atoms with Gasteiger partial charge in [0.05, 0.1) is 0 Å². The molecular weight excluding hydrogens is 402 g/mol. The third kappa shape index (κ3) is 5.22. The van der Waals surface area contributed by atoms with E-state index in [1.807, 2.05) is 24.3 Å². The van der Waals surface area contributed by atoms with Gasteiger partial charge in [-0.2, -0.15) is 0 Å². The Bertz CT molecular complexity index is 975. The Labute approximate surface area is 190 Å². The molecule has 1 heterocycles. The molecule has 6 nitrogen and oxygen atoms in total. The Morgan fingerprint density at radius 3 is 2.19 bits per heavy atom. The molecule has 6 heteroatoms. The maximum Gasteiger partial charge on any atom is 0.253 e. The number of benzene rings is 1. The average molecular weight is 438 g/mol. The Morgan fingerprint density at radius 2 is 1.53 bits per heavy atom. The van der Waals surface area contributed by atoms with E-state index in [0.717, 1.165) is 44.3 Å². The number of hydrogen-bond acceptors (Lipinski definition) is 5. The Hall–Kier alpha value is -2.63. The van der Waals surface area contributed by atoms with Crippen molar-refractivity contribution < 1.29 is 4.79 Å². The Kier molecular flexibility index (Phi) is 7.28. The number of amides is 1. The molecule has 1 amide bonds. The van der Waals surface area contributed by atoms with Gasteiger partial charge in [-0.3, -0.25) is 14.4 Å². The molecule has 4 rings (SSSR count). The van der Waals surface area contributed by atoms with E-state index >= 15 is 0 Å². The number of anilines is 2. The van der Waals surface area contributed by atoms with Crippen LogP contribution in [0.4, 0.5) is 11.4 Å². The summed E-state index contributed by atoms with van der Waals surface area (Å²) in [6, 6.07) is 7.77. The van der Waals surface area contributed by atoms with Gasteiger partial charge in [-0.25, -0.2) is 0 Å². The smallest absolute Gasteiger partial charge is 0.253 e. The minimum atomic E-state index is -0.422. The minimum absolute atomic E-state index is 0.0147. The summed E-state index contributed by atoms with van der Waals surface area (Å²) in [7, 11) is 0. The highest BCUT2D eigenvalue weighted by molar-refractivity contribution is 5.94. The average Bonchev–Trinajstić information content (AvgIpc) is 2.79. The molecule has 1 aliphatic carbocycles. The van der Waals surface area contributed by atoms with Crippen molar-refractivity contribution in [1.82, 2.24) is 5.32 Å². The zero-order valence-electron chi connectivity index (χ0n) is 19.1. The number of nitrogens with zero attached hydrogens (tertiary/aromatic N) is 1. The second-order valence-corrected chi connectivity index (χ2v) is 9.62. The first-order valence-electron chi connectivity index (χ1n) is 12.2. The summed E-state index contributed by atoms with van der Waals surface area (Å²) in [4.78, 5) is 39.0. The molecule has 1 aliphatic heterocycles. The lowest BCUT2D eigenvalue weighted by atomic mass is 9.96. The van der Waals surface area contributed by atoms with Crippen molar-refractivity contribution in [3.63, 3.8) is 0 Å². The molecule has 0 bridgehead atoms. The van der Waals surface area contributed by atoms with Crippen LogP contribution in [-0.4, -0.2) is 25.0 Å². The van der Waals surface area contributed by atoms with E-state index in [4.69, 9.17) is 0 Å². The van der Waals surface area contributed by atoms with Gasteiger partial charge in [0.1, 0.15) is 11.4 Å². The van der Waals surface area contributed by atoms with Gasteiger partial charge >= 0.3 is 0 Å². The first kappa shape index (κ1) is 22.6. The van der Waals surface area contributed by atoms with Crippen molar-refractivity contribution in [2.45, 2.75) is 77.3 Å². The van der Waals surface area contributed by atoms with Gasteiger partial charge in [-0.1, -0.05) is 51.2 Å². The van der Waals surface area contributed by atoms with Gasteiger partial charge in [-0.05, 0) is 49.3 Å². The van der Waals surface area contributed by atoms with Gasteiger partial charge in [0, 0.05) is 31.2 Å². The van der Waals surface area contributed by atoms with Gasteiger partial charge in [0.2, 0.25) is 0 Å². The molecule has 32 heavy (non-hydrogen) atoms. The number of piperidine rings is 1. The normalized spacial score (nSPS) is 18.8. The van der Waals surface area contributed by atoms with E-state index in [9.17, 15) is 14.4 Å². The molecule has 2 fully saturated rings. The summed E-state index contributed by atoms with van der Waals surface area (Å²) >= 11 is 0. The third-order valence-corrected chi connectivity index (χ3v) is 7.11. The highest BCUT2D eigenvalue weighted by atomic mass is 16.2. The Morgan fingerprint density at radius 1 is 0.906 bits per heavy atom. The van der Waals surface area contributed by atoms with Crippen LogP contribution < -0.4 is 26.4 Å². The number of carbonyl (C=O) groups is 1. The van der Waals surface area contributed by atoms with Gasteiger partial charge in [0.25, 0.3) is 16.8 Å². The van der Waals surface area contributed by atoms with Crippen LogP contribution in [0, 0.1) is 5.92 Å². The monoisotopic (exact) mass is 437 g/mol. The van der Waals surface area contributed by atoms with Crippen molar-refractivity contribution in [3.8, 4) is 0 Å². The van der Waals surface area contributed by atoms with E-state index in [1.165, 1.54) is 32.1 Å². The van der Waals surface area contributed by atoms with Crippen molar-refractivity contribution in [2.24, 2.45) is 5.92 Å². The number of rotatable bonds is 6. The summed E-state index contributed by atoms with van der Waals surface area (Å²) in [5.74, 6) is 0.649. The SMILES string of the molecule is CC1CCN(c2c(NCc3ccc(C(=O)NC4CCCCCCC4)cc3)c(=O)c2=O)CC1. The number of carbonyl (C=O) groups excluding carboxylic acids is 1. The summed E-state index contributed by atoms with van der Waals surface area (Å²) in [5.41, 5.74) is 1.83. The molecule has 2 N–H and O–H groups in total. The van der Waals surface area contributed by atoms with Crippen LogP contribution >= 0.6 is 0 Å². The highest BCUT2D eigenvalue weighted by Gasteiger charge is 2.28. The van der Waals surface area contributed by atoms with Crippen LogP contribution in [0.5, 0.6) is 0 Å². The molecule has 2 aromatic carbocycles. The first-order valence-corrected chi connectivity index (χ1v) is 12.2. The summed E-state index contributed by atoms with van der Waals surface area (Å²) < 4.78 is 0. The molecule has 2 aromatic rings. The van der Waals surface area contributed by atoms with E-state index in [-0.39, 0.29) is 17.4 Å². The van der Waals surface area contributed by atoms with Crippen LogP contribution in [0.2, 0.25) is 0 Å². The van der Waals surface area contributed by atoms with Crippen molar-refractivity contribution in [3.05, 3.63) is 55.8 Å². The molecule has 0 unspecified atom stereocenters. The van der Waals surface area contributed by atoms with Crippen molar-refractivity contribution in [1.29, 1.82) is 0 Å². The summed E-state index contributed by atoms with van der Waals surface area (Å²) in [6.07, 6.45) is 10.4. The summed E-state index contributed by atoms with van der Waals surface area (Å²) in [5, 5.41) is 6.37. The van der Waals surface area contributed by atoms with E-state index < -0.39 is 5.43 Å². The summed E-state index contributed by atoms with van der Waals surface area (Å²) in [6.45, 7) is 4.32. The molecule has 0 aromatic heterocycles. The fourth-order valence-corrected chi connectivity index (χ4v) is 4.91. The lowest BCUT2D eigenvalue weighted by Gasteiger charge is -2.33. The predicted molar refractivity (Wildman–Crippen MR) is 129 cm³/mol. The molecule has 0 atom stereocenters. The molecule has 2 aliphatic rings. The number of nitrogens with one attached hydrogen (secondary N) is 2. The van der Waals surface area contributed by atoms with Crippen molar-refractivity contribution >= 4 is 17.3 Å². The van der Waals surface area contributed by atoms with Gasteiger partial charge < -0.3 is 15.5 Å². The number of hydrogen-bond donors (Lipinski definition) is 2. The molecule has 1 saturated heterocycles. The lowest BCUT2D eigenvalue weighted by molar-refractivity contribution is 0.0930. The van der Waals surface area contributed by atoms with E-state index in [1.54, 1.807) is 0 Å². The molecule has 0 spiro atoms. The largest absolute Gasteiger partial charge is 0.376 e. The second kappa shape index (κ2) is 10.3. The molecule has 1 saturated carbocycles. The van der Waals surface area contributed by atoms with Crippen LogP contribution in [-0.2, 0) is 6.54 Å². The maximum absolute atomic E-state index is 12.6. The first-order chi connectivity index (χ1) is 15.5. The third-order valence-electron chi connectivity index (χ3n) is 7.11. The highest BCUT2D eigenvalue weighted by Crippen LogP contribution is 2.26. The maximum atomic E-state index is 12.6. The topological polar surface area (TPSA) is 78.5 Å². The van der Waals surface area contributed by atoms with Crippen LogP contribution in [0.15, 0.2) is 33.9 Å². The van der Waals surface area contributed by atoms with E-state index in [2.05, 4.69) is 22.5 Å². The van der Waals surface area contributed by atoms with Crippen LogP contribution in [0.3, 0.4) is 0 Å². The van der Waals surface area contributed by atoms with Crippen molar-refractivity contribution in [2.75, 3.05) is 23.3 Å². The zero-order chi connectivity index (χ0) is 22.5. The standard InChI is InChI=1S/C26H35N3O3/c1-18-13-15-29(16-14-18)23-22(24(30)25(23)31)27-17-19-9-11-20(12-10-19)26(32)28-21-7-5-3-2-4-6-8-21/h9-12,18,21,27H,2-8,13-17H2,1H3,(H,28,32). The fourth-order valence-electron chi connectivity index (χ4n) is 4.91. The zero-order valence-corrected chi connectivity index (χ0v) is 19.1. The Balaban J connectivity index is 1.33. The van der Waals surface area contributed by atoms with Gasteiger partial charge in [-0.15, -0.1) is 0 Å².